The number of nitrogens with zero attached hydrogens (tertiary/aromatic N) is 1. The van der Waals surface area contributed by atoms with E-state index in [4.69, 9.17) is 5.73 Å². The predicted molar refractivity (Wildman–Crippen MR) is 72.1 cm³/mol. The highest BCUT2D eigenvalue weighted by Gasteiger charge is 2.04. The molecular weight excluding hydrogens is 224 g/mol. The Hall–Kier alpha value is -2.16. The smallest absolute Gasteiger partial charge is 0.137 e. The number of rotatable bonds is 5. The van der Waals surface area contributed by atoms with E-state index in [-0.39, 0.29) is 5.78 Å². The van der Waals surface area contributed by atoms with E-state index in [1.165, 1.54) is 0 Å². The molecule has 0 saturated heterocycles. The van der Waals surface area contributed by atoms with E-state index in [0.717, 1.165) is 23.2 Å². The SMILES string of the molecule is Nc1ccc(CCC(=O)Cc2cccnc2)cc1. The van der Waals surface area contributed by atoms with Crippen LogP contribution in [0.3, 0.4) is 0 Å². The normalized spacial score (nSPS) is 10.2. The molecule has 0 aliphatic carbocycles. The summed E-state index contributed by atoms with van der Waals surface area (Å²) < 4.78 is 0. The number of Topliss-reactive ketones (excluding diaryl/α,β-unsaturated/α-hetero) is 1. The molecule has 3 heteroatoms. The molecule has 0 radical (unpaired) electrons. The third-order valence-corrected chi connectivity index (χ3v) is 2.80. The number of carbonyl (C=O) groups is 1. The van der Waals surface area contributed by atoms with E-state index in [2.05, 4.69) is 4.98 Å². The maximum Gasteiger partial charge on any atom is 0.137 e. The minimum absolute atomic E-state index is 0.236. The lowest BCUT2D eigenvalue weighted by atomic mass is 10.0. The lowest BCUT2D eigenvalue weighted by Gasteiger charge is -2.02. The van der Waals surface area contributed by atoms with Crippen molar-refractivity contribution in [1.82, 2.24) is 4.98 Å². The van der Waals surface area contributed by atoms with Gasteiger partial charge in [0.05, 0.1) is 0 Å². The Labute approximate surface area is 107 Å². The van der Waals surface area contributed by atoms with Crippen LogP contribution in [0.25, 0.3) is 0 Å². The number of pyridine rings is 1. The minimum Gasteiger partial charge on any atom is -0.399 e. The van der Waals surface area contributed by atoms with Crippen molar-refractivity contribution in [2.75, 3.05) is 5.73 Å². The summed E-state index contributed by atoms with van der Waals surface area (Å²) in [6.07, 6.45) is 5.23. The van der Waals surface area contributed by atoms with Crippen molar-refractivity contribution in [2.45, 2.75) is 19.3 Å². The molecule has 0 bridgehead atoms. The summed E-state index contributed by atoms with van der Waals surface area (Å²) >= 11 is 0. The highest BCUT2D eigenvalue weighted by molar-refractivity contribution is 5.81. The van der Waals surface area contributed by atoms with Gasteiger partial charge in [0.2, 0.25) is 0 Å². The maximum absolute atomic E-state index is 11.8. The first-order chi connectivity index (χ1) is 8.74. The number of hydrogen-bond acceptors (Lipinski definition) is 3. The molecule has 92 valence electrons. The molecule has 0 amide bonds. The van der Waals surface area contributed by atoms with Crippen LogP contribution >= 0.6 is 0 Å². The summed E-state index contributed by atoms with van der Waals surface area (Å²) in [6, 6.07) is 11.4. The number of anilines is 1. The molecule has 0 spiro atoms. The molecule has 2 rings (SSSR count). The summed E-state index contributed by atoms with van der Waals surface area (Å²) in [5.74, 6) is 0.236. The summed E-state index contributed by atoms with van der Waals surface area (Å²) in [5.41, 5.74) is 8.48. The molecule has 3 nitrogen and oxygen atoms in total. The fraction of sp³-hybridized carbons (Fsp3) is 0.200. The lowest BCUT2D eigenvalue weighted by molar-refractivity contribution is -0.118. The molecule has 0 unspecified atom stereocenters. The van der Waals surface area contributed by atoms with Crippen LogP contribution in [0.5, 0.6) is 0 Å². The molecule has 18 heavy (non-hydrogen) atoms. The predicted octanol–water partition coefficient (Wildman–Crippen LogP) is 2.41. The van der Waals surface area contributed by atoms with Crippen molar-refractivity contribution in [3.05, 3.63) is 59.9 Å². The van der Waals surface area contributed by atoms with Crippen LogP contribution in [0.4, 0.5) is 5.69 Å². The summed E-state index contributed by atoms with van der Waals surface area (Å²) in [5, 5.41) is 0. The molecule has 0 aliphatic heterocycles. The van der Waals surface area contributed by atoms with Gasteiger partial charge in [-0.2, -0.15) is 0 Å². The number of carbonyl (C=O) groups excluding carboxylic acids is 1. The topological polar surface area (TPSA) is 56.0 Å². The van der Waals surface area contributed by atoms with Gasteiger partial charge in [0.25, 0.3) is 0 Å². The zero-order valence-electron chi connectivity index (χ0n) is 10.2. The quantitative estimate of drug-likeness (QED) is 0.816. The fourth-order valence-corrected chi connectivity index (χ4v) is 1.79. The monoisotopic (exact) mass is 240 g/mol. The van der Waals surface area contributed by atoms with Crippen LogP contribution in [-0.4, -0.2) is 10.8 Å². The first-order valence-electron chi connectivity index (χ1n) is 5.99. The Kier molecular flexibility index (Phi) is 4.07. The highest BCUT2D eigenvalue weighted by atomic mass is 16.1. The van der Waals surface area contributed by atoms with E-state index in [1.54, 1.807) is 12.4 Å². The molecule has 0 fully saturated rings. The van der Waals surface area contributed by atoms with Gasteiger partial charge in [0, 0.05) is 30.9 Å². The van der Waals surface area contributed by atoms with Crippen LogP contribution in [0, 0.1) is 0 Å². The summed E-state index contributed by atoms with van der Waals surface area (Å²) in [7, 11) is 0. The Balaban J connectivity index is 1.83. The number of aromatic nitrogens is 1. The highest BCUT2D eigenvalue weighted by Crippen LogP contribution is 2.09. The maximum atomic E-state index is 11.8. The zero-order valence-corrected chi connectivity index (χ0v) is 10.2. The summed E-state index contributed by atoms with van der Waals surface area (Å²) in [4.78, 5) is 15.8. The van der Waals surface area contributed by atoms with Crippen LogP contribution in [0.2, 0.25) is 0 Å². The van der Waals surface area contributed by atoms with E-state index >= 15 is 0 Å². The van der Waals surface area contributed by atoms with Crippen molar-refractivity contribution in [3.8, 4) is 0 Å². The van der Waals surface area contributed by atoms with Gasteiger partial charge >= 0.3 is 0 Å². The number of nitrogens with two attached hydrogens (primary N) is 1. The average molecular weight is 240 g/mol. The van der Waals surface area contributed by atoms with Gasteiger partial charge in [0.15, 0.2) is 0 Å². The third kappa shape index (κ3) is 3.70. The fourth-order valence-electron chi connectivity index (χ4n) is 1.79. The molecule has 1 aromatic heterocycles. The minimum atomic E-state index is 0.236. The number of nitrogen functional groups attached to an aromatic ring is 1. The lowest BCUT2D eigenvalue weighted by Crippen LogP contribution is -2.04. The average Bonchev–Trinajstić information content (AvgIpc) is 2.39. The first-order valence-corrected chi connectivity index (χ1v) is 5.99. The van der Waals surface area contributed by atoms with Gasteiger partial charge in [-0.3, -0.25) is 9.78 Å². The Morgan fingerprint density at radius 1 is 1.11 bits per heavy atom. The zero-order chi connectivity index (χ0) is 12.8. The van der Waals surface area contributed by atoms with Gasteiger partial charge in [-0.15, -0.1) is 0 Å². The third-order valence-electron chi connectivity index (χ3n) is 2.80. The van der Waals surface area contributed by atoms with Gasteiger partial charge < -0.3 is 5.73 Å². The van der Waals surface area contributed by atoms with E-state index in [0.29, 0.717) is 12.8 Å². The number of benzene rings is 1. The van der Waals surface area contributed by atoms with Gasteiger partial charge in [-0.05, 0) is 35.7 Å². The van der Waals surface area contributed by atoms with Crippen molar-refractivity contribution in [3.63, 3.8) is 0 Å². The molecule has 1 heterocycles. The Morgan fingerprint density at radius 3 is 2.56 bits per heavy atom. The number of aryl methyl sites for hydroxylation is 1. The molecule has 1 aromatic carbocycles. The van der Waals surface area contributed by atoms with Gasteiger partial charge in [-0.1, -0.05) is 18.2 Å². The van der Waals surface area contributed by atoms with Crippen molar-refractivity contribution < 1.29 is 4.79 Å². The van der Waals surface area contributed by atoms with Crippen molar-refractivity contribution >= 4 is 11.5 Å². The Morgan fingerprint density at radius 2 is 1.89 bits per heavy atom. The molecule has 0 atom stereocenters. The second kappa shape index (κ2) is 5.96. The first kappa shape index (κ1) is 12.3. The van der Waals surface area contributed by atoms with Gasteiger partial charge in [-0.25, -0.2) is 0 Å². The molecular formula is C15H16N2O. The van der Waals surface area contributed by atoms with E-state index in [9.17, 15) is 4.79 Å². The molecule has 2 N–H and O–H groups in total. The Bertz CT molecular complexity index is 506. The summed E-state index contributed by atoms with van der Waals surface area (Å²) in [6.45, 7) is 0. The standard InChI is InChI=1S/C15H16N2O/c16-14-6-3-12(4-7-14)5-8-15(18)10-13-2-1-9-17-11-13/h1-4,6-7,9,11H,5,8,10,16H2. The van der Waals surface area contributed by atoms with Crippen LogP contribution in [0.1, 0.15) is 17.5 Å². The second-order valence-electron chi connectivity index (χ2n) is 4.32. The van der Waals surface area contributed by atoms with Crippen LogP contribution < -0.4 is 5.73 Å². The molecule has 0 saturated carbocycles. The van der Waals surface area contributed by atoms with Crippen molar-refractivity contribution in [1.29, 1.82) is 0 Å². The van der Waals surface area contributed by atoms with Crippen LogP contribution in [0.15, 0.2) is 48.8 Å². The number of hydrogen-bond donors (Lipinski definition) is 1. The number of ketones is 1. The van der Waals surface area contributed by atoms with Crippen molar-refractivity contribution in [2.24, 2.45) is 0 Å². The largest absolute Gasteiger partial charge is 0.399 e. The second-order valence-corrected chi connectivity index (χ2v) is 4.32. The van der Waals surface area contributed by atoms with E-state index in [1.807, 2.05) is 36.4 Å². The van der Waals surface area contributed by atoms with Gasteiger partial charge in [0.1, 0.15) is 5.78 Å². The molecule has 0 aliphatic rings. The molecule has 2 aromatic rings. The van der Waals surface area contributed by atoms with Crippen LogP contribution in [-0.2, 0) is 17.6 Å². The van der Waals surface area contributed by atoms with E-state index < -0.39 is 0 Å².